The van der Waals surface area contributed by atoms with E-state index in [1.807, 2.05) is 24.3 Å². The summed E-state index contributed by atoms with van der Waals surface area (Å²) in [7, 11) is 1.60. The highest BCUT2D eigenvalue weighted by Gasteiger charge is 2.35. The highest BCUT2D eigenvalue weighted by Crippen LogP contribution is 2.27. The van der Waals surface area contributed by atoms with Crippen molar-refractivity contribution in [1.82, 2.24) is 9.78 Å². The molecule has 31 heavy (non-hydrogen) atoms. The molecule has 0 radical (unpaired) electrons. The van der Waals surface area contributed by atoms with Crippen molar-refractivity contribution in [2.75, 3.05) is 23.9 Å². The monoisotopic (exact) mass is 418 g/mol. The van der Waals surface area contributed by atoms with Crippen LogP contribution in [0.25, 0.3) is 0 Å². The van der Waals surface area contributed by atoms with Crippen molar-refractivity contribution in [3.63, 3.8) is 0 Å². The molecule has 2 aromatic carbocycles. The van der Waals surface area contributed by atoms with Crippen LogP contribution in [0.5, 0.6) is 5.75 Å². The molecule has 1 aromatic heterocycles. The van der Waals surface area contributed by atoms with E-state index in [-0.39, 0.29) is 18.2 Å². The van der Waals surface area contributed by atoms with Gasteiger partial charge in [0.25, 0.3) is 0 Å². The summed E-state index contributed by atoms with van der Waals surface area (Å²) in [6.07, 6.45) is 2.85. The van der Waals surface area contributed by atoms with Crippen LogP contribution in [0.4, 0.5) is 11.5 Å². The number of hydrogen-bond donors (Lipinski definition) is 1. The molecule has 0 unspecified atom stereocenters. The van der Waals surface area contributed by atoms with Gasteiger partial charge in [-0.2, -0.15) is 5.10 Å². The minimum absolute atomic E-state index is 0.0603. The zero-order chi connectivity index (χ0) is 21.8. The third-order valence-corrected chi connectivity index (χ3v) is 5.61. The van der Waals surface area contributed by atoms with E-state index >= 15 is 0 Å². The van der Waals surface area contributed by atoms with Gasteiger partial charge in [-0.15, -0.1) is 0 Å². The molecule has 0 saturated carbocycles. The number of anilines is 2. The smallest absolute Gasteiger partial charge is 0.230 e. The summed E-state index contributed by atoms with van der Waals surface area (Å²) < 4.78 is 6.93. The van der Waals surface area contributed by atoms with Crippen LogP contribution in [0, 0.1) is 5.92 Å². The van der Waals surface area contributed by atoms with Crippen molar-refractivity contribution in [2.45, 2.75) is 26.3 Å². The molecule has 160 valence electrons. The molecular weight excluding hydrogens is 392 g/mol. The van der Waals surface area contributed by atoms with Crippen molar-refractivity contribution in [3.8, 4) is 5.75 Å². The van der Waals surface area contributed by atoms with Crippen LogP contribution in [0.1, 0.15) is 24.5 Å². The number of hydrogen-bond acceptors (Lipinski definition) is 4. The average molecular weight is 418 g/mol. The van der Waals surface area contributed by atoms with Gasteiger partial charge in [0.1, 0.15) is 11.6 Å². The number of amides is 2. The molecule has 1 N–H and O–H groups in total. The minimum atomic E-state index is -0.415. The SMILES string of the molecule is CCc1ccc(Cn2nccc2NC(=O)[C@H]2CC(=O)N(c3ccc(OC)cc3)C2)cc1. The number of benzene rings is 2. The number of nitrogens with zero attached hydrogens (tertiary/aromatic N) is 3. The van der Waals surface area contributed by atoms with Crippen LogP contribution >= 0.6 is 0 Å². The quantitative estimate of drug-likeness (QED) is 0.637. The van der Waals surface area contributed by atoms with E-state index in [1.165, 1.54) is 5.56 Å². The first-order chi connectivity index (χ1) is 15.1. The Morgan fingerprint density at radius 1 is 1.10 bits per heavy atom. The molecule has 7 nitrogen and oxygen atoms in total. The van der Waals surface area contributed by atoms with E-state index in [4.69, 9.17) is 4.74 Å². The molecule has 7 heteroatoms. The maximum atomic E-state index is 12.9. The lowest BCUT2D eigenvalue weighted by atomic mass is 10.1. The normalized spacial score (nSPS) is 15.9. The predicted molar refractivity (Wildman–Crippen MR) is 119 cm³/mol. The fourth-order valence-electron chi connectivity index (χ4n) is 3.74. The molecule has 0 aliphatic carbocycles. The van der Waals surface area contributed by atoms with E-state index in [0.717, 1.165) is 23.4 Å². The number of nitrogens with one attached hydrogen (secondary N) is 1. The minimum Gasteiger partial charge on any atom is -0.497 e. The van der Waals surface area contributed by atoms with Crippen molar-refractivity contribution in [1.29, 1.82) is 0 Å². The Morgan fingerprint density at radius 3 is 2.48 bits per heavy atom. The van der Waals surface area contributed by atoms with Gasteiger partial charge in [0.15, 0.2) is 0 Å². The van der Waals surface area contributed by atoms with Crippen LogP contribution in [0.2, 0.25) is 0 Å². The summed E-state index contributed by atoms with van der Waals surface area (Å²) in [5.41, 5.74) is 3.16. The van der Waals surface area contributed by atoms with Crippen LogP contribution in [-0.2, 0) is 22.6 Å². The highest BCUT2D eigenvalue weighted by molar-refractivity contribution is 6.03. The van der Waals surface area contributed by atoms with Gasteiger partial charge >= 0.3 is 0 Å². The van der Waals surface area contributed by atoms with Gasteiger partial charge < -0.3 is 15.0 Å². The second kappa shape index (κ2) is 9.04. The Morgan fingerprint density at radius 2 is 1.81 bits per heavy atom. The number of ether oxygens (including phenoxy) is 1. The summed E-state index contributed by atoms with van der Waals surface area (Å²) in [5.74, 6) is 0.700. The fourth-order valence-corrected chi connectivity index (χ4v) is 3.74. The first kappa shape index (κ1) is 20.7. The highest BCUT2D eigenvalue weighted by atomic mass is 16.5. The topological polar surface area (TPSA) is 76.5 Å². The van der Waals surface area contributed by atoms with Gasteiger partial charge in [0, 0.05) is 24.7 Å². The molecule has 1 fully saturated rings. The number of aryl methyl sites for hydroxylation is 1. The molecule has 4 rings (SSSR count). The molecular formula is C24H26N4O3. The Balaban J connectivity index is 1.40. The van der Waals surface area contributed by atoms with E-state index in [9.17, 15) is 9.59 Å². The molecule has 0 spiro atoms. The van der Waals surface area contributed by atoms with Crippen molar-refractivity contribution in [2.24, 2.45) is 5.92 Å². The summed E-state index contributed by atoms with van der Waals surface area (Å²) in [5, 5.41) is 7.29. The second-order valence-electron chi connectivity index (χ2n) is 7.64. The maximum absolute atomic E-state index is 12.9. The first-order valence-corrected chi connectivity index (χ1v) is 10.4. The van der Waals surface area contributed by atoms with Crippen LogP contribution in [0.15, 0.2) is 60.8 Å². The molecule has 1 aliphatic heterocycles. The van der Waals surface area contributed by atoms with E-state index in [1.54, 1.807) is 29.0 Å². The first-order valence-electron chi connectivity index (χ1n) is 10.4. The fraction of sp³-hybridized carbons (Fsp3) is 0.292. The lowest BCUT2D eigenvalue weighted by Gasteiger charge is -2.17. The average Bonchev–Trinajstić information content (AvgIpc) is 3.40. The third kappa shape index (κ3) is 4.60. The Hall–Kier alpha value is -3.61. The van der Waals surface area contributed by atoms with Gasteiger partial charge in [-0.05, 0) is 41.8 Å². The molecule has 0 bridgehead atoms. The molecule has 1 saturated heterocycles. The van der Waals surface area contributed by atoms with Crippen LogP contribution in [0.3, 0.4) is 0 Å². The lowest BCUT2D eigenvalue weighted by Crippen LogP contribution is -2.28. The Kier molecular flexibility index (Phi) is 6.02. The molecule has 1 aliphatic rings. The third-order valence-electron chi connectivity index (χ3n) is 5.61. The lowest BCUT2D eigenvalue weighted by molar-refractivity contribution is -0.122. The van der Waals surface area contributed by atoms with Gasteiger partial charge in [-0.3, -0.25) is 9.59 Å². The van der Waals surface area contributed by atoms with Gasteiger partial charge in [0.2, 0.25) is 11.8 Å². The number of carbonyl (C=O) groups excluding carboxylic acids is 2. The van der Waals surface area contributed by atoms with E-state index in [2.05, 4.69) is 41.6 Å². The van der Waals surface area contributed by atoms with E-state index in [0.29, 0.717) is 18.9 Å². The summed E-state index contributed by atoms with van der Waals surface area (Å²) in [6, 6.07) is 17.4. The summed E-state index contributed by atoms with van der Waals surface area (Å²) >= 11 is 0. The molecule has 2 heterocycles. The van der Waals surface area contributed by atoms with Gasteiger partial charge in [0.05, 0.1) is 25.8 Å². The molecule has 3 aromatic rings. The number of carbonyl (C=O) groups is 2. The Bertz CT molecular complexity index is 1060. The molecule has 1 atom stereocenters. The number of rotatable bonds is 7. The zero-order valence-corrected chi connectivity index (χ0v) is 17.7. The van der Waals surface area contributed by atoms with Gasteiger partial charge in [-0.25, -0.2) is 4.68 Å². The van der Waals surface area contributed by atoms with Gasteiger partial charge in [-0.1, -0.05) is 31.2 Å². The zero-order valence-electron chi connectivity index (χ0n) is 17.7. The number of aromatic nitrogens is 2. The largest absolute Gasteiger partial charge is 0.497 e. The molecule has 2 amide bonds. The Labute approximate surface area is 181 Å². The van der Waals surface area contributed by atoms with Crippen LogP contribution < -0.4 is 15.0 Å². The standard InChI is InChI=1S/C24H26N4O3/c1-3-17-4-6-18(7-5-17)15-28-22(12-13-25-28)26-24(30)19-14-23(29)27(16-19)20-8-10-21(31-2)11-9-20/h4-13,19H,3,14-16H2,1-2H3,(H,26,30)/t19-/m0/s1. The van der Waals surface area contributed by atoms with Crippen molar-refractivity contribution < 1.29 is 14.3 Å². The summed E-state index contributed by atoms with van der Waals surface area (Å²) in [4.78, 5) is 27.0. The second-order valence-corrected chi connectivity index (χ2v) is 7.64. The van der Waals surface area contributed by atoms with Crippen molar-refractivity contribution in [3.05, 3.63) is 71.9 Å². The predicted octanol–water partition coefficient (Wildman–Crippen LogP) is 3.49. The van der Waals surface area contributed by atoms with Crippen LogP contribution in [-0.4, -0.2) is 35.2 Å². The van der Waals surface area contributed by atoms with E-state index < -0.39 is 5.92 Å². The summed E-state index contributed by atoms with van der Waals surface area (Å²) in [6.45, 7) is 3.04. The van der Waals surface area contributed by atoms with Crippen molar-refractivity contribution >= 4 is 23.3 Å². The maximum Gasteiger partial charge on any atom is 0.230 e. The number of methoxy groups -OCH3 is 1.